The molecule has 1 aromatic heterocycles. The van der Waals surface area contributed by atoms with Gasteiger partial charge < -0.3 is 4.74 Å². The Morgan fingerprint density at radius 3 is 2.78 bits per heavy atom. The van der Waals surface area contributed by atoms with Crippen LogP contribution in [0, 0.1) is 6.92 Å². The molecular formula is C16H17NO4S2. The number of nitrogens with one attached hydrogen (secondary N) is 1. The lowest BCUT2D eigenvalue weighted by molar-refractivity contribution is -0.122. The van der Waals surface area contributed by atoms with Gasteiger partial charge in [-0.25, -0.2) is 13.1 Å². The van der Waals surface area contributed by atoms with Crippen LogP contribution in [0.3, 0.4) is 0 Å². The summed E-state index contributed by atoms with van der Waals surface area (Å²) in [6, 6.07) is 8.39. The van der Waals surface area contributed by atoms with Gasteiger partial charge in [-0.2, -0.15) is 0 Å². The molecule has 3 rings (SSSR count). The zero-order chi connectivity index (χ0) is 16.4. The topological polar surface area (TPSA) is 72.5 Å². The number of ether oxygens (including phenoxy) is 1. The normalized spacial score (nSPS) is 17.5. The second-order valence-corrected chi connectivity index (χ2v) is 8.10. The highest BCUT2D eigenvalue weighted by Crippen LogP contribution is 2.33. The number of sulfonamides is 1. The number of amides is 1. The molecule has 2 heterocycles. The van der Waals surface area contributed by atoms with Gasteiger partial charge >= 0.3 is 0 Å². The number of fused-ring (bicyclic) bond motifs is 1. The molecule has 0 spiro atoms. The Morgan fingerprint density at radius 1 is 1.30 bits per heavy atom. The van der Waals surface area contributed by atoms with Crippen LogP contribution in [0.15, 0.2) is 40.6 Å². The molecule has 1 N–H and O–H groups in total. The number of benzene rings is 1. The van der Waals surface area contributed by atoms with E-state index < -0.39 is 15.9 Å². The molecule has 1 amide bonds. The highest BCUT2D eigenvalue weighted by atomic mass is 32.2. The summed E-state index contributed by atoms with van der Waals surface area (Å²) in [4.78, 5) is 13.2. The summed E-state index contributed by atoms with van der Waals surface area (Å²) in [5, 5.41) is 1.97. The van der Waals surface area contributed by atoms with Crippen LogP contribution in [0.4, 0.5) is 0 Å². The van der Waals surface area contributed by atoms with E-state index in [0.717, 1.165) is 16.9 Å². The first-order valence-electron chi connectivity index (χ1n) is 7.26. The van der Waals surface area contributed by atoms with Gasteiger partial charge in [0.25, 0.3) is 10.0 Å². The molecule has 0 radical (unpaired) electrons. The Hall–Kier alpha value is -1.70. The van der Waals surface area contributed by atoms with E-state index in [1.807, 2.05) is 18.4 Å². The lowest BCUT2D eigenvalue weighted by atomic mass is 10.1. The summed E-state index contributed by atoms with van der Waals surface area (Å²) < 4.78 is 32.2. The highest BCUT2D eigenvalue weighted by Gasteiger charge is 2.26. The molecule has 0 aliphatic carbocycles. The number of carbonyl (C=O) groups is 1. The van der Waals surface area contributed by atoms with E-state index in [1.54, 1.807) is 12.1 Å². The van der Waals surface area contributed by atoms with Crippen molar-refractivity contribution in [3.63, 3.8) is 0 Å². The maximum Gasteiger partial charge on any atom is 0.264 e. The van der Waals surface area contributed by atoms with Gasteiger partial charge in [-0.3, -0.25) is 4.79 Å². The minimum absolute atomic E-state index is 0.00138. The highest BCUT2D eigenvalue weighted by molar-refractivity contribution is 7.90. The van der Waals surface area contributed by atoms with E-state index in [-0.39, 0.29) is 17.4 Å². The van der Waals surface area contributed by atoms with Gasteiger partial charge in [0, 0.05) is 4.88 Å². The molecule has 1 aliphatic rings. The first kappa shape index (κ1) is 16.2. The van der Waals surface area contributed by atoms with E-state index in [2.05, 4.69) is 4.72 Å². The minimum atomic E-state index is -3.84. The molecule has 1 aromatic carbocycles. The molecule has 23 heavy (non-hydrogen) atoms. The largest absolute Gasteiger partial charge is 0.372 e. The Bertz CT molecular complexity index is 809. The maximum atomic E-state index is 12.2. The Morgan fingerprint density at radius 2 is 2.04 bits per heavy atom. The van der Waals surface area contributed by atoms with Crippen molar-refractivity contribution < 1.29 is 17.9 Å². The molecule has 0 bridgehead atoms. The summed E-state index contributed by atoms with van der Waals surface area (Å²) in [5.41, 5.74) is 2.14. The van der Waals surface area contributed by atoms with Crippen molar-refractivity contribution in [2.24, 2.45) is 0 Å². The molecule has 1 unspecified atom stereocenters. The molecule has 7 heteroatoms. The van der Waals surface area contributed by atoms with Gasteiger partial charge in [0.15, 0.2) is 0 Å². The Labute approximate surface area is 139 Å². The standard InChI is InChI=1S/C16H17NO4S2/c1-11-2-4-13(5-3-11)23(19,20)17-15(18)10-14-16-12(6-8-21-14)7-9-22-16/h2-5,7,9,14H,6,8,10H2,1H3,(H,17,18). The monoisotopic (exact) mass is 351 g/mol. The third kappa shape index (κ3) is 3.63. The van der Waals surface area contributed by atoms with Crippen molar-refractivity contribution in [1.82, 2.24) is 4.72 Å². The van der Waals surface area contributed by atoms with Crippen LogP contribution in [0.5, 0.6) is 0 Å². The molecule has 2 aromatic rings. The number of thiophene rings is 1. The van der Waals surface area contributed by atoms with E-state index in [9.17, 15) is 13.2 Å². The number of hydrogen-bond acceptors (Lipinski definition) is 5. The number of aryl methyl sites for hydroxylation is 1. The van der Waals surface area contributed by atoms with Crippen LogP contribution in [0.2, 0.25) is 0 Å². The molecule has 122 valence electrons. The third-order valence-electron chi connectivity index (χ3n) is 3.71. The van der Waals surface area contributed by atoms with Crippen LogP contribution in [0.1, 0.15) is 28.5 Å². The average Bonchev–Trinajstić information content (AvgIpc) is 2.96. The average molecular weight is 351 g/mol. The van der Waals surface area contributed by atoms with Gasteiger partial charge in [0.2, 0.25) is 5.91 Å². The fourth-order valence-electron chi connectivity index (χ4n) is 2.51. The number of carbonyl (C=O) groups excluding carboxylic acids is 1. The summed E-state index contributed by atoms with van der Waals surface area (Å²) in [6.07, 6.45) is 0.462. The van der Waals surface area contributed by atoms with Crippen molar-refractivity contribution in [3.05, 3.63) is 51.7 Å². The Kier molecular flexibility index (Phi) is 4.52. The summed E-state index contributed by atoms with van der Waals surface area (Å²) >= 11 is 1.54. The molecule has 0 saturated carbocycles. The number of rotatable bonds is 4. The van der Waals surface area contributed by atoms with Crippen molar-refractivity contribution in [1.29, 1.82) is 0 Å². The minimum Gasteiger partial charge on any atom is -0.372 e. The Balaban J connectivity index is 1.69. The van der Waals surface area contributed by atoms with Gasteiger partial charge in [-0.1, -0.05) is 17.7 Å². The summed E-state index contributed by atoms with van der Waals surface area (Å²) in [6.45, 7) is 2.42. The maximum absolute atomic E-state index is 12.2. The summed E-state index contributed by atoms with van der Waals surface area (Å²) in [5.74, 6) is -0.558. The lowest BCUT2D eigenvalue weighted by Crippen LogP contribution is -2.32. The molecule has 1 atom stereocenters. The quantitative estimate of drug-likeness (QED) is 0.919. The molecule has 0 saturated heterocycles. The van der Waals surface area contributed by atoms with E-state index in [4.69, 9.17) is 4.74 Å². The van der Waals surface area contributed by atoms with Crippen molar-refractivity contribution in [2.75, 3.05) is 6.61 Å². The van der Waals surface area contributed by atoms with Crippen LogP contribution in [-0.2, 0) is 26.0 Å². The van der Waals surface area contributed by atoms with Crippen molar-refractivity contribution in [2.45, 2.75) is 30.8 Å². The third-order valence-corrected chi connectivity index (χ3v) is 6.15. The second kappa shape index (κ2) is 6.43. The molecule has 5 nitrogen and oxygen atoms in total. The lowest BCUT2D eigenvalue weighted by Gasteiger charge is -2.22. The van der Waals surface area contributed by atoms with E-state index in [0.29, 0.717) is 6.61 Å². The first-order valence-corrected chi connectivity index (χ1v) is 9.62. The SMILES string of the molecule is Cc1ccc(S(=O)(=O)NC(=O)CC2OCCc3ccsc32)cc1. The van der Waals surface area contributed by atoms with Crippen LogP contribution in [0.25, 0.3) is 0 Å². The predicted octanol–water partition coefficient (Wildman–Crippen LogP) is 2.57. The van der Waals surface area contributed by atoms with Gasteiger partial charge in [0.05, 0.1) is 17.9 Å². The number of hydrogen-bond donors (Lipinski definition) is 1. The second-order valence-electron chi connectivity index (χ2n) is 5.47. The van der Waals surface area contributed by atoms with Gasteiger partial charge in [0.1, 0.15) is 6.10 Å². The smallest absolute Gasteiger partial charge is 0.264 e. The molecular weight excluding hydrogens is 334 g/mol. The first-order chi connectivity index (χ1) is 11.0. The molecule has 0 fully saturated rings. The zero-order valence-corrected chi connectivity index (χ0v) is 14.2. The van der Waals surface area contributed by atoms with Crippen molar-refractivity contribution >= 4 is 27.3 Å². The van der Waals surface area contributed by atoms with Crippen LogP contribution in [-0.4, -0.2) is 20.9 Å². The summed E-state index contributed by atoms with van der Waals surface area (Å²) in [7, 11) is -3.84. The fraction of sp³-hybridized carbons (Fsp3) is 0.312. The fourth-order valence-corrected chi connectivity index (χ4v) is 4.51. The van der Waals surface area contributed by atoms with E-state index >= 15 is 0 Å². The van der Waals surface area contributed by atoms with Crippen molar-refractivity contribution in [3.8, 4) is 0 Å². The van der Waals surface area contributed by atoms with Gasteiger partial charge in [-0.05, 0) is 42.5 Å². The zero-order valence-electron chi connectivity index (χ0n) is 12.6. The predicted molar refractivity (Wildman–Crippen MR) is 87.8 cm³/mol. The van der Waals surface area contributed by atoms with Gasteiger partial charge in [-0.15, -0.1) is 11.3 Å². The van der Waals surface area contributed by atoms with E-state index in [1.165, 1.54) is 29.0 Å². The van der Waals surface area contributed by atoms with Crippen LogP contribution >= 0.6 is 11.3 Å². The van der Waals surface area contributed by atoms with Crippen LogP contribution < -0.4 is 4.72 Å². The molecule has 1 aliphatic heterocycles.